The van der Waals surface area contributed by atoms with Crippen molar-refractivity contribution in [3.05, 3.63) is 12.4 Å². The molecular formula is C8H10F2N3. The molecule has 0 bridgehead atoms. The molecule has 2 rings (SSSR count). The number of nitrogens with one attached hydrogen (secondary N) is 1. The minimum Gasteiger partial charge on any atom is -0.362 e. The van der Waals surface area contributed by atoms with Crippen LogP contribution >= 0.6 is 0 Å². The Balaban J connectivity index is 1.96. The zero-order valence-corrected chi connectivity index (χ0v) is 7.00. The van der Waals surface area contributed by atoms with E-state index in [9.17, 15) is 8.78 Å². The molecule has 0 spiro atoms. The molecule has 1 fully saturated rings. The third-order valence-electron chi connectivity index (χ3n) is 2.19. The van der Waals surface area contributed by atoms with Crippen LogP contribution in [0.3, 0.4) is 0 Å². The van der Waals surface area contributed by atoms with Crippen LogP contribution in [0.25, 0.3) is 0 Å². The van der Waals surface area contributed by atoms with Gasteiger partial charge in [-0.15, -0.1) is 0 Å². The summed E-state index contributed by atoms with van der Waals surface area (Å²) < 4.78 is 25.6. The Morgan fingerprint density at radius 2 is 2.46 bits per heavy atom. The molecule has 2 aliphatic rings. The summed E-state index contributed by atoms with van der Waals surface area (Å²) in [6, 6.07) is 0. The fourth-order valence-electron chi connectivity index (χ4n) is 1.51. The molecule has 0 aromatic rings. The lowest BCUT2D eigenvalue weighted by atomic mass is 10.3. The van der Waals surface area contributed by atoms with Gasteiger partial charge in [-0.1, -0.05) is 0 Å². The van der Waals surface area contributed by atoms with Gasteiger partial charge < -0.3 is 5.32 Å². The van der Waals surface area contributed by atoms with E-state index in [0.717, 1.165) is 0 Å². The van der Waals surface area contributed by atoms with Gasteiger partial charge in [0, 0.05) is 19.2 Å². The highest BCUT2D eigenvalue weighted by molar-refractivity contribution is 5.65. The maximum Gasteiger partial charge on any atom is 0.261 e. The Hall–Kier alpha value is -0.970. The van der Waals surface area contributed by atoms with Gasteiger partial charge in [-0.05, 0) is 0 Å². The Morgan fingerprint density at radius 3 is 3.00 bits per heavy atom. The number of hydrogen-bond donors (Lipinski definition) is 1. The molecule has 5 heteroatoms. The first-order valence-electron chi connectivity index (χ1n) is 4.15. The molecule has 1 saturated heterocycles. The van der Waals surface area contributed by atoms with Crippen LogP contribution in [0.5, 0.6) is 0 Å². The van der Waals surface area contributed by atoms with Crippen LogP contribution in [0, 0.1) is 6.20 Å². The van der Waals surface area contributed by atoms with Crippen molar-refractivity contribution in [2.24, 2.45) is 4.99 Å². The highest BCUT2D eigenvalue weighted by Gasteiger charge is 2.40. The third kappa shape index (κ3) is 1.85. The van der Waals surface area contributed by atoms with E-state index >= 15 is 0 Å². The quantitative estimate of drug-likeness (QED) is 0.649. The van der Waals surface area contributed by atoms with E-state index in [1.54, 1.807) is 11.1 Å². The van der Waals surface area contributed by atoms with Gasteiger partial charge in [0.15, 0.2) is 0 Å². The van der Waals surface area contributed by atoms with Crippen molar-refractivity contribution >= 4 is 6.21 Å². The number of hydrogen-bond acceptors (Lipinski definition) is 3. The van der Waals surface area contributed by atoms with E-state index in [4.69, 9.17) is 0 Å². The largest absolute Gasteiger partial charge is 0.362 e. The van der Waals surface area contributed by atoms with Crippen LogP contribution in [0.15, 0.2) is 11.2 Å². The maximum absolute atomic E-state index is 12.8. The normalized spacial score (nSPS) is 32.0. The summed E-state index contributed by atoms with van der Waals surface area (Å²) in [6.45, 7) is 0.205. The fraction of sp³-hybridized carbons (Fsp3) is 0.625. The predicted molar refractivity (Wildman–Crippen MR) is 44.4 cm³/mol. The van der Waals surface area contributed by atoms with Crippen LogP contribution in [-0.2, 0) is 0 Å². The van der Waals surface area contributed by atoms with E-state index in [1.807, 2.05) is 0 Å². The average molecular weight is 186 g/mol. The van der Waals surface area contributed by atoms with Gasteiger partial charge in [-0.25, -0.2) is 8.78 Å². The van der Waals surface area contributed by atoms with Crippen LogP contribution < -0.4 is 5.32 Å². The Bertz CT molecular complexity index is 250. The average Bonchev–Trinajstić information content (AvgIpc) is 2.48. The number of halogens is 2. The molecule has 2 aliphatic heterocycles. The van der Waals surface area contributed by atoms with E-state index in [2.05, 4.69) is 16.5 Å². The SMILES string of the molecule is FC1(F)CCN(C2C=NC=[C]N2)C1. The summed E-state index contributed by atoms with van der Waals surface area (Å²) in [7, 11) is 0. The van der Waals surface area contributed by atoms with E-state index in [-0.39, 0.29) is 19.1 Å². The monoisotopic (exact) mass is 186 g/mol. The molecule has 1 N–H and O–H groups in total. The first-order chi connectivity index (χ1) is 6.17. The van der Waals surface area contributed by atoms with Crippen molar-refractivity contribution in [1.82, 2.24) is 10.2 Å². The summed E-state index contributed by atoms with van der Waals surface area (Å²) in [4.78, 5) is 5.50. The van der Waals surface area contributed by atoms with Crippen LogP contribution in [0.4, 0.5) is 8.78 Å². The minimum absolute atomic E-state index is 0.0667. The Morgan fingerprint density at radius 1 is 1.62 bits per heavy atom. The smallest absolute Gasteiger partial charge is 0.261 e. The van der Waals surface area contributed by atoms with Crippen LogP contribution in [0.1, 0.15) is 6.42 Å². The number of alkyl halides is 2. The van der Waals surface area contributed by atoms with E-state index in [0.29, 0.717) is 6.54 Å². The second kappa shape index (κ2) is 3.06. The molecule has 1 atom stereocenters. The molecule has 0 aromatic carbocycles. The standard InChI is InChI=1S/C8H10F2N3/c9-8(10)1-4-13(6-8)7-5-11-2-3-12-7/h2,5,7,12H,1,4,6H2. The molecule has 71 valence electrons. The van der Waals surface area contributed by atoms with Gasteiger partial charge in [0.25, 0.3) is 5.92 Å². The zero-order valence-electron chi connectivity index (χ0n) is 7.00. The summed E-state index contributed by atoms with van der Waals surface area (Å²) in [5.74, 6) is -2.54. The molecule has 13 heavy (non-hydrogen) atoms. The molecular weight excluding hydrogens is 176 g/mol. The molecule has 0 saturated carbocycles. The number of nitrogens with zero attached hydrogens (tertiary/aromatic N) is 2. The van der Waals surface area contributed by atoms with E-state index < -0.39 is 5.92 Å². The fourth-order valence-corrected chi connectivity index (χ4v) is 1.51. The molecule has 0 amide bonds. The number of aliphatic imine (C=N–C) groups is 1. The Kier molecular flexibility index (Phi) is 2.03. The molecule has 0 aliphatic carbocycles. The highest BCUT2D eigenvalue weighted by atomic mass is 19.3. The summed E-state index contributed by atoms with van der Waals surface area (Å²) in [5, 5.41) is 2.84. The van der Waals surface area contributed by atoms with Crippen molar-refractivity contribution in [3.63, 3.8) is 0 Å². The highest BCUT2D eigenvalue weighted by Crippen LogP contribution is 2.27. The topological polar surface area (TPSA) is 27.6 Å². The maximum atomic E-state index is 12.8. The minimum atomic E-state index is -2.54. The zero-order chi connectivity index (χ0) is 9.31. The second-order valence-electron chi connectivity index (χ2n) is 3.24. The first kappa shape index (κ1) is 8.62. The molecule has 1 radical (unpaired) electrons. The van der Waals surface area contributed by atoms with Gasteiger partial charge >= 0.3 is 0 Å². The molecule has 1 unspecified atom stereocenters. The first-order valence-corrected chi connectivity index (χ1v) is 4.15. The van der Waals surface area contributed by atoms with Gasteiger partial charge in [-0.2, -0.15) is 0 Å². The summed E-state index contributed by atoms with van der Waals surface area (Å²) in [5.41, 5.74) is 0. The lowest BCUT2D eigenvalue weighted by molar-refractivity contribution is 0.00973. The van der Waals surface area contributed by atoms with Gasteiger partial charge in [0.05, 0.1) is 18.9 Å². The van der Waals surface area contributed by atoms with Crippen molar-refractivity contribution < 1.29 is 8.78 Å². The van der Waals surface area contributed by atoms with E-state index in [1.165, 1.54) is 6.20 Å². The van der Waals surface area contributed by atoms with Crippen molar-refractivity contribution in [2.45, 2.75) is 18.5 Å². The second-order valence-corrected chi connectivity index (χ2v) is 3.24. The lowest BCUT2D eigenvalue weighted by Crippen LogP contribution is -2.45. The molecule has 2 heterocycles. The van der Waals surface area contributed by atoms with Crippen LogP contribution in [0.2, 0.25) is 0 Å². The predicted octanol–water partition coefficient (Wildman–Crippen LogP) is 0.602. The number of rotatable bonds is 1. The third-order valence-corrected chi connectivity index (χ3v) is 2.19. The van der Waals surface area contributed by atoms with Crippen molar-refractivity contribution in [1.29, 1.82) is 0 Å². The van der Waals surface area contributed by atoms with Crippen molar-refractivity contribution in [3.8, 4) is 0 Å². The lowest BCUT2D eigenvalue weighted by Gasteiger charge is -2.25. The number of likely N-dealkylation sites (tertiary alicyclic amines) is 1. The van der Waals surface area contributed by atoms with Gasteiger partial charge in [0.2, 0.25) is 0 Å². The van der Waals surface area contributed by atoms with Crippen molar-refractivity contribution in [2.75, 3.05) is 13.1 Å². The van der Waals surface area contributed by atoms with Crippen LogP contribution in [-0.4, -0.2) is 36.3 Å². The van der Waals surface area contributed by atoms with Gasteiger partial charge in [-0.3, -0.25) is 9.89 Å². The summed E-state index contributed by atoms with van der Waals surface area (Å²) >= 11 is 0. The molecule has 3 nitrogen and oxygen atoms in total. The summed E-state index contributed by atoms with van der Waals surface area (Å²) in [6.07, 6.45) is 5.48. The molecule has 0 aromatic heterocycles. The van der Waals surface area contributed by atoms with Gasteiger partial charge in [0.1, 0.15) is 6.17 Å². The Labute approximate surface area is 75.1 Å².